The van der Waals surface area contributed by atoms with Crippen LogP contribution in [0.3, 0.4) is 0 Å². The van der Waals surface area contributed by atoms with E-state index in [0.29, 0.717) is 61.8 Å². The molecule has 11 fully saturated rings. The highest BCUT2D eigenvalue weighted by Crippen LogP contribution is 2.83. The van der Waals surface area contributed by atoms with Crippen LogP contribution in [0.1, 0.15) is 128 Å². The van der Waals surface area contributed by atoms with E-state index in [-0.39, 0.29) is 36.1 Å². The number of ether oxygens (including phenoxy) is 4. The summed E-state index contributed by atoms with van der Waals surface area (Å²) in [6.07, 6.45) is 14.9. The van der Waals surface area contributed by atoms with Crippen LogP contribution in [-0.2, 0) is 39.8 Å². The van der Waals surface area contributed by atoms with Gasteiger partial charge in [-0.15, -0.1) is 0 Å². The molecule has 0 radical (unpaired) electrons. The molecule has 62 heavy (non-hydrogen) atoms. The summed E-state index contributed by atoms with van der Waals surface area (Å²) in [5, 5.41) is 28.7. The number of furan rings is 1. The maximum absolute atomic E-state index is 15.6. The molecule has 17 unspecified atom stereocenters. The fraction of sp³-hybridized carbons (Fsp3) is 0.820. The largest absolute Gasteiger partial charge is 0.469 e. The number of carbonyl (C=O) groups is 3. The second kappa shape index (κ2) is 13.0. The van der Waals surface area contributed by atoms with Crippen molar-refractivity contribution in [2.75, 3.05) is 19.8 Å². The number of epoxide rings is 1. The molecule has 0 aromatic carbocycles. The van der Waals surface area contributed by atoms with Gasteiger partial charge in [-0.3, -0.25) is 14.9 Å². The molecule has 13 rings (SSSR count). The smallest absolute Gasteiger partial charge is 0.339 e. The van der Waals surface area contributed by atoms with E-state index in [2.05, 4.69) is 29.4 Å². The van der Waals surface area contributed by atoms with Crippen LogP contribution in [0, 0.1) is 69.0 Å². The Balaban J connectivity index is 0.901. The number of aliphatic hydroxyl groups is 2. The number of aliphatic hydroxyl groups excluding tert-OH is 2. The minimum Gasteiger partial charge on any atom is -0.469 e. The zero-order valence-corrected chi connectivity index (χ0v) is 36.7. The molecule has 1 aromatic rings. The van der Waals surface area contributed by atoms with Gasteiger partial charge in [0.2, 0.25) is 0 Å². The number of rotatable bonds is 4. The lowest BCUT2D eigenvalue weighted by Crippen LogP contribution is -2.79. The van der Waals surface area contributed by atoms with E-state index >= 15 is 4.79 Å². The molecule has 3 N–H and O–H groups in total. The number of allylic oxidation sites excluding steroid dienone is 1. The van der Waals surface area contributed by atoms with Crippen molar-refractivity contribution in [1.82, 2.24) is 10.2 Å². The van der Waals surface area contributed by atoms with E-state index in [4.69, 9.17) is 23.4 Å². The van der Waals surface area contributed by atoms with E-state index < -0.39 is 75.3 Å². The van der Waals surface area contributed by atoms with Crippen molar-refractivity contribution < 1.29 is 48.0 Å². The van der Waals surface area contributed by atoms with Gasteiger partial charge in [0.15, 0.2) is 11.9 Å². The fourth-order valence-corrected chi connectivity index (χ4v) is 19.0. The zero-order chi connectivity index (χ0) is 42.3. The highest BCUT2D eigenvalue weighted by Gasteiger charge is 2.93. The lowest BCUT2D eigenvalue weighted by atomic mass is 9.32. The van der Waals surface area contributed by atoms with E-state index in [1.807, 2.05) is 19.9 Å². The van der Waals surface area contributed by atoms with Crippen LogP contribution in [0.4, 0.5) is 0 Å². The lowest BCUT2D eigenvalue weighted by Gasteiger charge is -2.70. The average molecular weight is 855 g/mol. The van der Waals surface area contributed by atoms with Crippen molar-refractivity contribution in [3.63, 3.8) is 0 Å². The summed E-state index contributed by atoms with van der Waals surface area (Å²) < 4.78 is 33.7. The number of carbonyl (C=O) groups excluding carboxylic acids is 3. The number of hydrogen-bond donors (Lipinski definition) is 3. The van der Waals surface area contributed by atoms with Crippen LogP contribution in [0.5, 0.6) is 0 Å². The number of cyclic esters (lactones) is 2. The molecule has 12 aliphatic rings. The number of hydrogen-bond acceptors (Lipinski definition) is 12. The third-order valence-corrected chi connectivity index (χ3v) is 21.1. The summed E-state index contributed by atoms with van der Waals surface area (Å²) in [6.45, 7) is 8.15. The molecule has 12 nitrogen and oxygen atoms in total. The maximum atomic E-state index is 15.6. The monoisotopic (exact) mass is 854 g/mol. The van der Waals surface area contributed by atoms with Crippen molar-refractivity contribution in [1.29, 1.82) is 0 Å². The SMILES string of the molecule is CC1(C)OC2C3(CCCC3)C(=O)OCC23C1C(=O)C(O)C1(C2CCCC2)C3CCC2(C)C(c3ccoc3CC3C(O)CCC4CC5C(C=CN6CNCC56)CC43)OC(=O)C3OC321. The molecule has 7 heterocycles. The van der Waals surface area contributed by atoms with Gasteiger partial charge in [-0.1, -0.05) is 38.7 Å². The first-order valence-electron chi connectivity index (χ1n) is 24.7. The lowest BCUT2D eigenvalue weighted by molar-refractivity contribution is -0.282. The van der Waals surface area contributed by atoms with Crippen molar-refractivity contribution >= 4 is 17.7 Å². The third-order valence-electron chi connectivity index (χ3n) is 21.1. The standard InChI is InChI=1S/C50H66N2O10/c1-45(2)38-37(54)39(55)49(28-8-4-5-9-28)36(48(38)24-59-44(57)47(43(48)62-45)15-6-7-16-47)12-17-46(3)40(60-42(56)41-50(46,49)61-41)29-14-19-58-35(29)22-32-30-20-27-13-18-52-25-51-23-33(52)31(27)21-26(30)10-11-34(32)53/h13-14,18-19,26-28,30-34,36,38-41,43,51,53,55H,4-12,15-17,20-25H2,1-3H3. The van der Waals surface area contributed by atoms with Crippen LogP contribution in [0.25, 0.3) is 0 Å². The summed E-state index contributed by atoms with van der Waals surface area (Å²) in [5.41, 5.74) is -5.00. The Hall–Kier alpha value is -2.77. The number of ketones is 1. The summed E-state index contributed by atoms with van der Waals surface area (Å²) in [5.74, 6) is 0.778. The fourth-order valence-electron chi connectivity index (χ4n) is 19.0. The van der Waals surface area contributed by atoms with Gasteiger partial charge in [-0.05, 0) is 132 Å². The molecule has 17 atom stereocenters. The summed E-state index contributed by atoms with van der Waals surface area (Å²) in [6, 6.07) is 2.50. The van der Waals surface area contributed by atoms with Crippen molar-refractivity contribution in [2.24, 2.45) is 69.0 Å². The Bertz CT molecular complexity index is 2110. The molecule has 5 saturated heterocycles. The van der Waals surface area contributed by atoms with Crippen molar-refractivity contribution in [2.45, 2.75) is 165 Å². The first kappa shape index (κ1) is 39.6. The average Bonchev–Trinajstić information content (AvgIpc) is 3.93. The van der Waals surface area contributed by atoms with Gasteiger partial charge in [-0.25, -0.2) is 4.79 Å². The van der Waals surface area contributed by atoms with E-state index in [9.17, 15) is 19.8 Å². The quantitative estimate of drug-likeness (QED) is 0.248. The number of esters is 2. The van der Waals surface area contributed by atoms with E-state index in [0.717, 1.165) is 82.3 Å². The second-order valence-corrected chi connectivity index (χ2v) is 23.4. The van der Waals surface area contributed by atoms with Gasteiger partial charge in [0.05, 0.1) is 42.1 Å². The Labute approximate surface area is 364 Å². The van der Waals surface area contributed by atoms with Gasteiger partial charge in [0.1, 0.15) is 30.2 Å². The highest BCUT2D eigenvalue weighted by molar-refractivity contribution is 5.93. The van der Waals surface area contributed by atoms with Crippen LogP contribution in [0.15, 0.2) is 29.0 Å². The van der Waals surface area contributed by atoms with Gasteiger partial charge >= 0.3 is 11.9 Å². The molecule has 12 heteroatoms. The van der Waals surface area contributed by atoms with Gasteiger partial charge in [0, 0.05) is 40.8 Å². The van der Waals surface area contributed by atoms with Crippen LogP contribution < -0.4 is 5.32 Å². The highest BCUT2D eigenvalue weighted by atomic mass is 16.7. The Morgan fingerprint density at radius 1 is 0.903 bits per heavy atom. The molecular formula is C50H66N2O10. The van der Waals surface area contributed by atoms with Crippen LogP contribution >= 0.6 is 0 Å². The summed E-state index contributed by atoms with van der Waals surface area (Å²) >= 11 is 0. The molecule has 6 aliphatic carbocycles. The van der Waals surface area contributed by atoms with Gasteiger partial charge in [-0.2, -0.15) is 0 Å². The maximum Gasteiger partial charge on any atom is 0.339 e. The second-order valence-electron chi connectivity index (χ2n) is 23.4. The normalized spacial score (nSPS) is 51.6. The molecule has 3 spiro atoms. The number of nitrogens with one attached hydrogen (secondary N) is 1. The predicted octanol–water partition coefficient (Wildman–Crippen LogP) is 5.78. The zero-order valence-electron chi connectivity index (χ0n) is 36.7. The molecule has 336 valence electrons. The first-order valence-corrected chi connectivity index (χ1v) is 24.7. The van der Waals surface area contributed by atoms with Crippen LogP contribution in [0.2, 0.25) is 0 Å². The number of Topliss-reactive ketones (excluding diaryl/α,β-unsaturated/α-hetero) is 1. The third kappa shape index (κ3) is 4.56. The predicted molar refractivity (Wildman–Crippen MR) is 221 cm³/mol. The Kier molecular flexibility index (Phi) is 8.28. The molecule has 6 aliphatic heterocycles. The Morgan fingerprint density at radius 3 is 2.52 bits per heavy atom. The number of nitrogens with zero attached hydrogens (tertiary/aromatic N) is 1. The molecule has 0 bridgehead atoms. The number of fused-ring (bicyclic) bond motifs is 6. The molecule has 0 amide bonds. The molecule has 6 saturated carbocycles. The van der Waals surface area contributed by atoms with Gasteiger partial charge in [0.25, 0.3) is 0 Å². The summed E-state index contributed by atoms with van der Waals surface area (Å²) in [4.78, 5) is 46.8. The summed E-state index contributed by atoms with van der Waals surface area (Å²) in [7, 11) is 0. The molecular weight excluding hydrogens is 789 g/mol. The van der Waals surface area contributed by atoms with Gasteiger partial charge < -0.3 is 38.5 Å². The minimum atomic E-state index is -1.39. The minimum absolute atomic E-state index is 0.00711. The van der Waals surface area contributed by atoms with E-state index in [1.54, 1.807) is 6.26 Å². The van der Waals surface area contributed by atoms with Crippen molar-refractivity contribution in [3.05, 3.63) is 35.9 Å². The Morgan fingerprint density at radius 2 is 1.71 bits per heavy atom. The van der Waals surface area contributed by atoms with Crippen molar-refractivity contribution in [3.8, 4) is 0 Å². The van der Waals surface area contributed by atoms with Crippen LogP contribution in [-0.4, -0.2) is 94.3 Å². The first-order chi connectivity index (χ1) is 29.8. The topological polar surface area (TPSA) is 160 Å². The molecule has 1 aromatic heterocycles. The van der Waals surface area contributed by atoms with E-state index in [1.165, 1.54) is 6.42 Å².